The van der Waals surface area contributed by atoms with Gasteiger partial charge in [0, 0.05) is 23.6 Å². The van der Waals surface area contributed by atoms with E-state index in [4.69, 9.17) is 9.47 Å². The Hall–Kier alpha value is -3.80. The second-order valence-corrected chi connectivity index (χ2v) is 10.4. The van der Waals surface area contributed by atoms with Gasteiger partial charge < -0.3 is 14.5 Å². The smallest absolute Gasteiger partial charge is 0.328 e. The predicted molar refractivity (Wildman–Crippen MR) is 130 cm³/mol. The van der Waals surface area contributed by atoms with Crippen LogP contribution in [0.1, 0.15) is 24.2 Å². The lowest BCUT2D eigenvalue weighted by Gasteiger charge is -2.19. The summed E-state index contributed by atoms with van der Waals surface area (Å²) in [6.45, 7) is 3.68. The number of H-pyrrole nitrogens is 1. The van der Waals surface area contributed by atoms with Crippen molar-refractivity contribution in [2.24, 2.45) is 0 Å². The van der Waals surface area contributed by atoms with Crippen LogP contribution < -0.4 is 15.2 Å². The number of aryl methyl sites for hydroxylation is 1. The number of pyridine rings is 2. The number of nitrogens with zero attached hydrogens (tertiary/aromatic N) is 3. The molecule has 0 aliphatic heterocycles. The van der Waals surface area contributed by atoms with E-state index in [2.05, 4.69) is 15.0 Å². The summed E-state index contributed by atoms with van der Waals surface area (Å²) in [4.78, 5) is 24.6. The Bertz CT molecular complexity index is 1620. The van der Waals surface area contributed by atoms with E-state index in [0.717, 1.165) is 12.3 Å². The second-order valence-electron chi connectivity index (χ2n) is 8.18. The minimum atomic E-state index is -3.60. The van der Waals surface area contributed by atoms with Crippen LogP contribution in [-0.2, 0) is 9.84 Å². The monoisotopic (exact) mass is 518 g/mol. The van der Waals surface area contributed by atoms with E-state index in [1.54, 1.807) is 26.0 Å². The molecule has 1 aromatic carbocycles. The van der Waals surface area contributed by atoms with Crippen LogP contribution in [0.3, 0.4) is 0 Å². The zero-order chi connectivity index (χ0) is 26.2. The summed E-state index contributed by atoms with van der Waals surface area (Å²) in [6.07, 6.45) is 2.38. The molecular weight excluding hydrogens is 494 g/mol. The standard InChI is InChI=1S/C24H24F2N4O5S/c1-5-35-23-19(34-3)10-9-17(28-23)18(12-36(4,32)33)30-22-21(29-24(30)31)13(2)15(11-27-22)14-7-6-8-16(25)20(14)26/h6-11,18H,5,12H2,1-4H3,(H,29,31)/t18-/m1/s1. The Kier molecular flexibility index (Phi) is 6.81. The van der Waals surface area contributed by atoms with Gasteiger partial charge in [-0.15, -0.1) is 0 Å². The first-order valence-corrected chi connectivity index (χ1v) is 13.0. The van der Waals surface area contributed by atoms with Crippen LogP contribution in [0.25, 0.3) is 22.3 Å². The van der Waals surface area contributed by atoms with Crippen molar-refractivity contribution in [2.75, 3.05) is 25.7 Å². The van der Waals surface area contributed by atoms with Gasteiger partial charge in [-0.05, 0) is 37.6 Å². The number of aromatic nitrogens is 4. The summed E-state index contributed by atoms with van der Waals surface area (Å²) in [6, 6.07) is 5.85. The maximum Gasteiger partial charge on any atom is 0.328 e. The van der Waals surface area contributed by atoms with Crippen LogP contribution in [0, 0.1) is 18.6 Å². The number of aromatic amines is 1. The average molecular weight is 519 g/mol. The molecule has 0 unspecified atom stereocenters. The van der Waals surface area contributed by atoms with Crippen LogP contribution in [0.2, 0.25) is 0 Å². The van der Waals surface area contributed by atoms with Gasteiger partial charge in [-0.2, -0.15) is 0 Å². The van der Waals surface area contributed by atoms with Crippen LogP contribution >= 0.6 is 0 Å². The average Bonchev–Trinajstić information content (AvgIpc) is 3.16. The fraction of sp³-hybridized carbons (Fsp3) is 0.292. The van der Waals surface area contributed by atoms with Gasteiger partial charge >= 0.3 is 5.69 Å². The van der Waals surface area contributed by atoms with Crippen molar-refractivity contribution in [2.45, 2.75) is 19.9 Å². The normalized spacial score (nSPS) is 12.6. The minimum Gasteiger partial charge on any atom is -0.491 e. The molecule has 0 radical (unpaired) electrons. The lowest BCUT2D eigenvalue weighted by Crippen LogP contribution is -2.29. The molecule has 4 rings (SSSR count). The highest BCUT2D eigenvalue weighted by Gasteiger charge is 2.28. The van der Waals surface area contributed by atoms with Crippen molar-refractivity contribution in [3.8, 4) is 22.8 Å². The molecule has 36 heavy (non-hydrogen) atoms. The van der Waals surface area contributed by atoms with Gasteiger partial charge in [0.2, 0.25) is 0 Å². The molecule has 3 aromatic heterocycles. The van der Waals surface area contributed by atoms with Crippen molar-refractivity contribution in [3.63, 3.8) is 0 Å². The van der Waals surface area contributed by atoms with E-state index in [9.17, 15) is 22.0 Å². The summed E-state index contributed by atoms with van der Waals surface area (Å²) >= 11 is 0. The molecule has 0 aliphatic rings. The van der Waals surface area contributed by atoms with Gasteiger partial charge in [0.05, 0.1) is 36.7 Å². The highest BCUT2D eigenvalue weighted by molar-refractivity contribution is 7.90. The third-order valence-corrected chi connectivity index (χ3v) is 6.62. The van der Waals surface area contributed by atoms with Crippen molar-refractivity contribution in [1.29, 1.82) is 0 Å². The Labute approximate surface area is 205 Å². The predicted octanol–water partition coefficient (Wildman–Crippen LogP) is 3.41. The van der Waals surface area contributed by atoms with Gasteiger partial charge in [-0.25, -0.2) is 32.0 Å². The molecular formula is C24H24F2N4O5S. The number of nitrogens with one attached hydrogen (secondary N) is 1. The van der Waals surface area contributed by atoms with E-state index < -0.39 is 39.0 Å². The van der Waals surface area contributed by atoms with Gasteiger partial charge in [0.1, 0.15) is 9.84 Å². The Morgan fingerprint density at radius 1 is 1.17 bits per heavy atom. The van der Waals surface area contributed by atoms with Gasteiger partial charge in [-0.1, -0.05) is 12.1 Å². The maximum atomic E-state index is 14.5. The molecule has 0 aliphatic carbocycles. The maximum absolute atomic E-state index is 14.5. The topological polar surface area (TPSA) is 116 Å². The first kappa shape index (κ1) is 25.3. The van der Waals surface area contributed by atoms with Gasteiger partial charge in [0.25, 0.3) is 5.88 Å². The highest BCUT2D eigenvalue weighted by Crippen LogP contribution is 2.32. The van der Waals surface area contributed by atoms with E-state index >= 15 is 0 Å². The van der Waals surface area contributed by atoms with Crippen LogP contribution in [-0.4, -0.2) is 53.7 Å². The number of fused-ring (bicyclic) bond motifs is 1. The summed E-state index contributed by atoms with van der Waals surface area (Å²) < 4.78 is 65.0. The summed E-state index contributed by atoms with van der Waals surface area (Å²) in [7, 11) is -2.15. The lowest BCUT2D eigenvalue weighted by molar-refractivity contribution is 0.296. The van der Waals surface area contributed by atoms with Crippen LogP contribution in [0.5, 0.6) is 11.6 Å². The van der Waals surface area contributed by atoms with Gasteiger partial charge in [-0.3, -0.25) is 4.57 Å². The van der Waals surface area contributed by atoms with Crippen molar-refractivity contribution >= 4 is 21.0 Å². The summed E-state index contributed by atoms with van der Waals surface area (Å²) in [5.41, 5.74) is 0.723. The van der Waals surface area contributed by atoms with Crippen molar-refractivity contribution in [3.05, 3.63) is 69.9 Å². The number of benzene rings is 1. The molecule has 4 aromatic rings. The van der Waals surface area contributed by atoms with E-state index in [0.29, 0.717) is 11.3 Å². The third kappa shape index (κ3) is 4.68. The summed E-state index contributed by atoms with van der Waals surface area (Å²) in [5, 5.41) is 0. The molecule has 0 spiro atoms. The van der Waals surface area contributed by atoms with E-state index in [1.807, 2.05) is 0 Å². The fourth-order valence-electron chi connectivity index (χ4n) is 4.06. The number of halogens is 2. The molecule has 190 valence electrons. The molecule has 0 saturated heterocycles. The Morgan fingerprint density at radius 2 is 1.92 bits per heavy atom. The molecule has 0 saturated carbocycles. The van der Waals surface area contributed by atoms with E-state index in [-0.39, 0.29) is 40.5 Å². The number of sulfone groups is 1. The zero-order valence-electron chi connectivity index (χ0n) is 20.0. The molecule has 1 atom stereocenters. The Balaban J connectivity index is 1.94. The quantitative estimate of drug-likeness (QED) is 0.380. The van der Waals surface area contributed by atoms with Crippen LogP contribution in [0.4, 0.5) is 8.78 Å². The number of rotatable bonds is 8. The SMILES string of the molecule is CCOc1nc([C@@H](CS(C)(=O)=O)n2c(=O)[nH]c3c(C)c(-c4cccc(F)c4F)cnc32)ccc1OC. The number of imidazole rings is 1. The summed E-state index contributed by atoms with van der Waals surface area (Å²) in [5.74, 6) is -2.00. The zero-order valence-corrected chi connectivity index (χ0v) is 20.8. The number of methoxy groups -OCH3 is 1. The Morgan fingerprint density at radius 3 is 2.58 bits per heavy atom. The second kappa shape index (κ2) is 9.69. The minimum absolute atomic E-state index is 0.0126. The van der Waals surface area contributed by atoms with Gasteiger partial charge in [0.15, 0.2) is 23.0 Å². The number of hydrogen-bond donors (Lipinski definition) is 1. The first-order chi connectivity index (χ1) is 17.1. The molecule has 0 amide bonds. The number of ether oxygens (including phenoxy) is 2. The van der Waals surface area contributed by atoms with Crippen LogP contribution in [0.15, 0.2) is 41.3 Å². The highest BCUT2D eigenvalue weighted by atomic mass is 32.2. The fourth-order valence-corrected chi connectivity index (χ4v) is 4.95. The molecule has 9 nitrogen and oxygen atoms in total. The molecule has 0 bridgehead atoms. The molecule has 0 fully saturated rings. The lowest BCUT2D eigenvalue weighted by atomic mass is 10.0. The third-order valence-electron chi connectivity index (χ3n) is 5.70. The van der Waals surface area contributed by atoms with Crippen molar-refractivity contribution in [1.82, 2.24) is 19.5 Å². The van der Waals surface area contributed by atoms with E-state index in [1.165, 1.54) is 30.0 Å². The molecule has 3 heterocycles. The van der Waals surface area contributed by atoms with Crippen molar-refractivity contribution < 1.29 is 26.7 Å². The first-order valence-electron chi connectivity index (χ1n) is 10.9. The molecule has 12 heteroatoms. The molecule has 1 N–H and O–H groups in total. The number of hydrogen-bond acceptors (Lipinski definition) is 7. The largest absolute Gasteiger partial charge is 0.491 e.